The van der Waals surface area contributed by atoms with E-state index in [1.54, 1.807) is 6.07 Å². The normalized spacial score (nSPS) is 19.6. The Balaban J connectivity index is 2.14. The molecule has 1 saturated heterocycles. The van der Waals surface area contributed by atoms with Gasteiger partial charge in [0.05, 0.1) is 5.92 Å². The van der Waals surface area contributed by atoms with Gasteiger partial charge in [-0.3, -0.25) is 4.79 Å². The zero-order chi connectivity index (χ0) is 12.4. The molecule has 2 rings (SSSR count). The van der Waals surface area contributed by atoms with Gasteiger partial charge >= 0.3 is 0 Å². The summed E-state index contributed by atoms with van der Waals surface area (Å²) in [6, 6.07) is 5.69. The molecule has 1 fully saturated rings. The van der Waals surface area contributed by atoms with E-state index >= 15 is 0 Å². The summed E-state index contributed by atoms with van der Waals surface area (Å²) in [7, 11) is 0. The molecule has 1 unspecified atom stereocenters. The number of primary amides is 1. The minimum Gasteiger partial charge on any atom is -0.508 e. The number of carbonyl (C=O) groups is 1. The highest BCUT2D eigenvalue weighted by Crippen LogP contribution is 2.28. The van der Waals surface area contributed by atoms with Crippen LogP contribution >= 0.6 is 0 Å². The largest absolute Gasteiger partial charge is 0.508 e. The zero-order valence-corrected chi connectivity index (χ0v) is 10.0. The Bertz CT molecular complexity index is 431. The van der Waals surface area contributed by atoms with Gasteiger partial charge in [0.2, 0.25) is 5.91 Å². The van der Waals surface area contributed by atoms with Gasteiger partial charge in [0.15, 0.2) is 0 Å². The smallest absolute Gasteiger partial charge is 0.222 e. The summed E-state index contributed by atoms with van der Waals surface area (Å²) in [5.74, 6) is 0.0254. The van der Waals surface area contributed by atoms with Crippen LogP contribution in [-0.4, -0.2) is 24.1 Å². The summed E-state index contributed by atoms with van der Waals surface area (Å²) >= 11 is 0. The first-order valence-electron chi connectivity index (χ1n) is 5.98. The van der Waals surface area contributed by atoms with Gasteiger partial charge in [-0.15, -0.1) is 0 Å². The van der Waals surface area contributed by atoms with E-state index in [-0.39, 0.29) is 11.8 Å². The minimum absolute atomic E-state index is 0.0667. The van der Waals surface area contributed by atoms with Gasteiger partial charge in [-0.1, -0.05) is 13.0 Å². The van der Waals surface area contributed by atoms with Gasteiger partial charge in [0, 0.05) is 24.8 Å². The molecule has 1 aromatic carbocycles. The van der Waals surface area contributed by atoms with Crippen molar-refractivity contribution < 1.29 is 9.90 Å². The maximum Gasteiger partial charge on any atom is 0.222 e. The van der Waals surface area contributed by atoms with Crippen LogP contribution in [0.4, 0.5) is 5.69 Å². The molecule has 1 aliphatic rings. The van der Waals surface area contributed by atoms with Gasteiger partial charge in [-0.2, -0.15) is 0 Å². The third-order valence-corrected chi connectivity index (χ3v) is 3.41. The molecule has 0 spiro atoms. The minimum atomic E-state index is -0.234. The van der Waals surface area contributed by atoms with Crippen LogP contribution in [0.15, 0.2) is 18.2 Å². The number of aryl methyl sites for hydroxylation is 1. The van der Waals surface area contributed by atoms with E-state index in [9.17, 15) is 9.90 Å². The molecular formula is C13H18N2O2. The number of hydrogen-bond donors (Lipinski definition) is 2. The first kappa shape index (κ1) is 11.8. The highest BCUT2D eigenvalue weighted by atomic mass is 16.3. The standard InChI is InChI=1S/C13H18N2O2/c1-2-9-3-4-11(7-12(9)16)15-6-5-10(8-15)13(14)17/h3-4,7,10,16H,2,5-6,8H2,1H3,(H2,14,17). The second-order valence-corrected chi connectivity index (χ2v) is 4.50. The van der Waals surface area contributed by atoms with E-state index in [2.05, 4.69) is 4.90 Å². The molecule has 0 bridgehead atoms. The van der Waals surface area contributed by atoms with Crippen molar-refractivity contribution in [1.29, 1.82) is 0 Å². The molecule has 0 aliphatic carbocycles. The number of amides is 1. The second kappa shape index (κ2) is 4.65. The topological polar surface area (TPSA) is 66.6 Å². The first-order valence-corrected chi connectivity index (χ1v) is 5.98. The average molecular weight is 234 g/mol. The summed E-state index contributed by atoms with van der Waals surface area (Å²) in [5.41, 5.74) is 7.20. The molecule has 1 heterocycles. The summed E-state index contributed by atoms with van der Waals surface area (Å²) in [5, 5.41) is 9.81. The number of nitrogens with two attached hydrogens (primary N) is 1. The highest BCUT2D eigenvalue weighted by Gasteiger charge is 2.26. The molecule has 0 radical (unpaired) electrons. The molecule has 4 nitrogen and oxygen atoms in total. The Morgan fingerprint density at radius 2 is 2.35 bits per heavy atom. The molecule has 1 amide bonds. The van der Waals surface area contributed by atoms with E-state index in [4.69, 9.17) is 5.73 Å². The molecule has 1 aliphatic heterocycles. The molecule has 3 N–H and O–H groups in total. The van der Waals surface area contributed by atoms with Crippen LogP contribution in [0.5, 0.6) is 5.75 Å². The lowest BCUT2D eigenvalue weighted by atomic mass is 10.1. The van der Waals surface area contributed by atoms with Crippen molar-refractivity contribution in [2.75, 3.05) is 18.0 Å². The van der Waals surface area contributed by atoms with Crippen LogP contribution in [0.3, 0.4) is 0 Å². The Morgan fingerprint density at radius 3 is 2.88 bits per heavy atom. The third-order valence-electron chi connectivity index (χ3n) is 3.41. The van der Waals surface area contributed by atoms with Gasteiger partial charge < -0.3 is 15.7 Å². The molecular weight excluding hydrogens is 216 g/mol. The lowest BCUT2D eigenvalue weighted by Gasteiger charge is -2.19. The maximum atomic E-state index is 11.1. The van der Waals surface area contributed by atoms with Crippen LogP contribution in [0, 0.1) is 5.92 Å². The SMILES string of the molecule is CCc1ccc(N2CCC(C(N)=O)C2)cc1O. The molecule has 0 aromatic heterocycles. The quantitative estimate of drug-likeness (QED) is 0.827. The number of rotatable bonds is 3. The molecule has 1 atom stereocenters. The predicted octanol–water partition coefficient (Wildman–Crippen LogP) is 1.27. The van der Waals surface area contributed by atoms with Crippen molar-refractivity contribution in [1.82, 2.24) is 0 Å². The molecule has 17 heavy (non-hydrogen) atoms. The number of phenolic OH excluding ortho intramolecular Hbond substituents is 1. The number of anilines is 1. The number of carbonyl (C=O) groups excluding carboxylic acids is 1. The fourth-order valence-corrected chi connectivity index (χ4v) is 2.27. The van der Waals surface area contributed by atoms with E-state index in [1.807, 2.05) is 19.1 Å². The van der Waals surface area contributed by atoms with Crippen molar-refractivity contribution in [3.8, 4) is 5.75 Å². The van der Waals surface area contributed by atoms with Crippen molar-refractivity contribution in [3.05, 3.63) is 23.8 Å². The molecule has 1 aromatic rings. The number of nitrogens with zero attached hydrogens (tertiary/aromatic N) is 1. The van der Waals surface area contributed by atoms with Crippen LogP contribution in [0.25, 0.3) is 0 Å². The summed E-state index contributed by atoms with van der Waals surface area (Å²) in [4.78, 5) is 13.2. The number of hydrogen-bond acceptors (Lipinski definition) is 3. The Hall–Kier alpha value is -1.71. The molecule has 92 valence electrons. The third kappa shape index (κ3) is 2.35. The van der Waals surface area contributed by atoms with E-state index in [1.165, 1.54) is 0 Å². The van der Waals surface area contributed by atoms with Crippen molar-refractivity contribution in [3.63, 3.8) is 0 Å². The highest BCUT2D eigenvalue weighted by molar-refractivity contribution is 5.78. The number of phenols is 1. The van der Waals surface area contributed by atoms with Crippen molar-refractivity contribution >= 4 is 11.6 Å². The fraction of sp³-hybridized carbons (Fsp3) is 0.462. The number of aromatic hydroxyl groups is 1. The second-order valence-electron chi connectivity index (χ2n) is 4.50. The Kier molecular flexibility index (Phi) is 3.22. The van der Waals surface area contributed by atoms with Crippen LogP contribution < -0.4 is 10.6 Å². The Morgan fingerprint density at radius 1 is 1.59 bits per heavy atom. The fourth-order valence-electron chi connectivity index (χ4n) is 2.27. The lowest BCUT2D eigenvalue weighted by molar-refractivity contribution is -0.121. The summed E-state index contributed by atoms with van der Waals surface area (Å²) < 4.78 is 0. The lowest BCUT2D eigenvalue weighted by Crippen LogP contribution is -2.27. The van der Waals surface area contributed by atoms with E-state index < -0.39 is 0 Å². The van der Waals surface area contributed by atoms with Gasteiger partial charge in [-0.05, 0) is 24.5 Å². The van der Waals surface area contributed by atoms with Crippen molar-refractivity contribution in [2.24, 2.45) is 11.7 Å². The summed E-state index contributed by atoms with van der Waals surface area (Å²) in [6.45, 7) is 3.48. The van der Waals surface area contributed by atoms with Crippen molar-refractivity contribution in [2.45, 2.75) is 19.8 Å². The van der Waals surface area contributed by atoms with E-state index in [0.717, 1.165) is 30.6 Å². The van der Waals surface area contributed by atoms with Gasteiger partial charge in [0.25, 0.3) is 0 Å². The maximum absolute atomic E-state index is 11.1. The molecule has 0 saturated carbocycles. The van der Waals surface area contributed by atoms with Crippen LogP contribution in [0.1, 0.15) is 18.9 Å². The number of benzene rings is 1. The van der Waals surface area contributed by atoms with Gasteiger partial charge in [-0.25, -0.2) is 0 Å². The average Bonchev–Trinajstić information content (AvgIpc) is 2.78. The van der Waals surface area contributed by atoms with Gasteiger partial charge in [0.1, 0.15) is 5.75 Å². The van der Waals surface area contributed by atoms with Crippen LogP contribution in [0.2, 0.25) is 0 Å². The Labute approximate surface area is 101 Å². The monoisotopic (exact) mass is 234 g/mol. The first-order chi connectivity index (χ1) is 8.11. The zero-order valence-electron chi connectivity index (χ0n) is 10.0. The van der Waals surface area contributed by atoms with E-state index in [0.29, 0.717) is 12.3 Å². The van der Waals surface area contributed by atoms with Crippen LogP contribution in [-0.2, 0) is 11.2 Å². The summed E-state index contributed by atoms with van der Waals surface area (Å²) in [6.07, 6.45) is 1.61. The predicted molar refractivity (Wildman–Crippen MR) is 67.0 cm³/mol. The molecule has 4 heteroatoms.